The Morgan fingerprint density at radius 1 is 1.35 bits per heavy atom. The molecular weight excluding hydrogens is 329 g/mol. The number of hydrogen-bond acceptors (Lipinski definition) is 6. The van der Waals surface area contributed by atoms with Crippen LogP contribution in [0.25, 0.3) is 0 Å². The number of rotatable bonds is 3. The molecule has 0 amide bonds. The quantitative estimate of drug-likeness (QED) is 0.862. The number of nitrogens with zero attached hydrogens (tertiary/aromatic N) is 5. The molecule has 2 aromatic rings. The molecule has 1 fully saturated rings. The topological polar surface area (TPSA) is 68.5 Å². The van der Waals surface area contributed by atoms with Gasteiger partial charge in [-0.05, 0) is 37.2 Å². The van der Waals surface area contributed by atoms with Gasteiger partial charge in [-0.15, -0.1) is 10.2 Å². The maximum atomic E-state index is 12.7. The van der Waals surface area contributed by atoms with E-state index in [-0.39, 0.29) is 11.1 Å². The van der Waals surface area contributed by atoms with Crippen molar-refractivity contribution in [3.63, 3.8) is 0 Å². The zero-order chi connectivity index (χ0) is 16.4. The third-order valence-corrected chi connectivity index (χ3v) is 4.55. The summed E-state index contributed by atoms with van der Waals surface area (Å²) in [6.07, 6.45) is -1.31. The van der Waals surface area contributed by atoms with Crippen molar-refractivity contribution in [2.75, 3.05) is 13.1 Å². The van der Waals surface area contributed by atoms with Crippen molar-refractivity contribution in [1.29, 1.82) is 0 Å². The lowest BCUT2D eigenvalue weighted by atomic mass is 9.99. The average molecular weight is 344 g/mol. The van der Waals surface area contributed by atoms with E-state index in [9.17, 15) is 13.2 Å². The minimum absolute atomic E-state index is 0.00337. The fourth-order valence-corrected chi connectivity index (χ4v) is 3.21. The van der Waals surface area contributed by atoms with Crippen molar-refractivity contribution in [2.45, 2.75) is 35.2 Å². The van der Waals surface area contributed by atoms with Crippen molar-refractivity contribution in [3.8, 4) is 0 Å². The zero-order valence-corrected chi connectivity index (χ0v) is 13.2. The summed E-state index contributed by atoms with van der Waals surface area (Å²) in [5, 5.41) is 12.0. The van der Waals surface area contributed by atoms with E-state index < -0.39 is 11.9 Å². The van der Waals surface area contributed by atoms with Gasteiger partial charge in [-0.3, -0.25) is 0 Å². The average Bonchev–Trinajstić information content (AvgIpc) is 2.89. The summed E-state index contributed by atoms with van der Waals surface area (Å²) < 4.78 is 39.9. The van der Waals surface area contributed by atoms with Crippen LogP contribution in [0.1, 0.15) is 30.3 Å². The Morgan fingerprint density at radius 2 is 2.17 bits per heavy atom. The largest absolute Gasteiger partial charge is 0.433 e. The molecule has 2 aromatic heterocycles. The van der Waals surface area contributed by atoms with Crippen molar-refractivity contribution in [1.82, 2.24) is 30.0 Å². The highest BCUT2D eigenvalue weighted by Crippen LogP contribution is 2.31. The van der Waals surface area contributed by atoms with Crippen LogP contribution >= 0.6 is 11.8 Å². The minimum Gasteiger partial charge on any atom is -0.316 e. The highest BCUT2D eigenvalue weighted by molar-refractivity contribution is 7.99. The standard InChI is InChI=1S/C13H15F3N6S/c1-22-10(8-3-2-5-17-7-8)20-21-12(22)23-11-18-6-4-9(19-11)13(14,15)16/h4,6,8,17H,2-3,5,7H2,1H3/t8-/m1/s1. The van der Waals surface area contributed by atoms with E-state index in [0.29, 0.717) is 5.16 Å². The number of piperidine rings is 1. The van der Waals surface area contributed by atoms with E-state index in [1.807, 2.05) is 0 Å². The molecule has 3 rings (SSSR count). The maximum Gasteiger partial charge on any atom is 0.433 e. The van der Waals surface area contributed by atoms with Crippen LogP contribution in [0.5, 0.6) is 0 Å². The van der Waals surface area contributed by atoms with Crippen LogP contribution < -0.4 is 5.32 Å². The molecule has 6 nitrogen and oxygen atoms in total. The second-order valence-electron chi connectivity index (χ2n) is 5.27. The third-order valence-electron chi connectivity index (χ3n) is 3.64. The molecular formula is C13H15F3N6S. The molecule has 0 spiro atoms. The van der Waals surface area contributed by atoms with E-state index >= 15 is 0 Å². The van der Waals surface area contributed by atoms with Crippen molar-refractivity contribution >= 4 is 11.8 Å². The summed E-state index contributed by atoms with van der Waals surface area (Å²) in [5.41, 5.74) is -0.964. The van der Waals surface area contributed by atoms with Gasteiger partial charge in [0.25, 0.3) is 0 Å². The lowest BCUT2D eigenvalue weighted by Crippen LogP contribution is -2.29. The SMILES string of the molecule is Cn1c(Sc2nccc(C(F)(F)F)n2)nnc1[C@@H]1CCCNC1. The molecule has 124 valence electrons. The van der Waals surface area contributed by atoms with E-state index in [1.165, 1.54) is 0 Å². The molecule has 3 heterocycles. The lowest BCUT2D eigenvalue weighted by Gasteiger charge is -2.21. The predicted molar refractivity (Wildman–Crippen MR) is 77.0 cm³/mol. The third kappa shape index (κ3) is 3.63. The van der Waals surface area contributed by atoms with Gasteiger partial charge in [-0.1, -0.05) is 0 Å². The number of hydrogen-bond donors (Lipinski definition) is 1. The molecule has 0 aromatic carbocycles. The molecule has 1 atom stereocenters. The molecule has 1 N–H and O–H groups in total. The number of alkyl halides is 3. The summed E-state index contributed by atoms with van der Waals surface area (Å²) in [6, 6.07) is 0.847. The molecule has 0 bridgehead atoms. The smallest absolute Gasteiger partial charge is 0.316 e. The summed E-state index contributed by atoms with van der Waals surface area (Å²) in [5.74, 6) is 1.09. The van der Waals surface area contributed by atoms with E-state index in [1.54, 1.807) is 11.6 Å². The Bertz CT molecular complexity index is 681. The molecule has 1 aliphatic heterocycles. The van der Waals surface area contributed by atoms with Gasteiger partial charge in [0, 0.05) is 25.7 Å². The second kappa shape index (κ2) is 6.44. The Labute approximate surface area is 134 Å². The molecule has 0 radical (unpaired) electrons. The number of aromatic nitrogens is 5. The molecule has 0 aliphatic carbocycles. The zero-order valence-electron chi connectivity index (χ0n) is 12.3. The summed E-state index contributed by atoms with van der Waals surface area (Å²) >= 11 is 0.976. The van der Waals surface area contributed by atoms with Crippen LogP contribution in [0.15, 0.2) is 22.6 Å². The van der Waals surface area contributed by atoms with Gasteiger partial charge in [0.2, 0.25) is 0 Å². The first-order valence-electron chi connectivity index (χ1n) is 7.13. The van der Waals surface area contributed by atoms with E-state index in [4.69, 9.17) is 0 Å². The Hall–Kier alpha value is -1.68. The molecule has 1 saturated heterocycles. The van der Waals surface area contributed by atoms with Gasteiger partial charge >= 0.3 is 6.18 Å². The van der Waals surface area contributed by atoms with Gasteiger partial charge in [0.05, 0.1) is 0 Å². The van der Waals surface area contributed by atoms with Gasteiger partial charge in [-0.2, -0.15) is 13.2 Å². The number of nitrogens with one attached hydrogen (secondary N) is 1. The summed E-state index contributed by atoms with van der Waals surface area (Å²) in [7, 11) is 1.81. The Balaban J connectivity index is 1.80. The van der Waals surface area contributed by atoms with Crippen LogP contribution in [0, 0.1) is 0 Å². The van der Waals surface area contributed by atoms with Crippen LogP contribution in [0.3, 0.4) is 0 Å². The molecule has 10 heteroatoms. The normalized spacial score (nSPS) is 19.0. The molecule has 0 saturated carbocycles. The van der Waals surface area contributed by atoms with Gasteiger partial charge in [-0.25, -0.2) is 9.97 Å². The first kappa shape index (κ1) is 16.2. The van der Waals surface area contributed by atoms with Crippen molar-refractivity contribution in [3.05, 3.63) is 23.8 Å². The van der Waals surface area contributed by atoms with Crippen LogP contribution in [-0.2, 0) is 13.2 Å². The summed E-state index contributed by atoms with van der Waals surface area (Å²) in [6.45, 7) is 1.82. The first-order valence-corrected chi connectivity index (χ1v) is 7.95. The first-order chi connectivity index (χ1) is 10.9. The second-order valence-corrected chi connectivity index (χ2v) is 6.20. The minimum atomic E-state index is -4.49. The monoisotopic (exact) mass is 344 g/mol. The summed E-state index contributed by atoms with van der Waals surface area (Å²) in [4.78, 5) is 7.41. The van der Waals surface area contributed by atoms with E-state index in [2.05, 4.69) is 25.5 Å². The molecule has 1 aliphatic rings. The fraction of sp³-hybridized carbons (Fsp3) is 0.538. The maximum absolute atomic E-state index is 12.7. The highest BCUT2D eigenvalue weighted by Gasteiger charge is 2.33. The van der Waals surface area contributed by atoms with Crippen LogP contribution in [0.4, 0.5) is 13.2 Å². The predicted octanol–water partition coefficient (Wildman–Crippen LogP) is 2.24. The molecule has 0 unspecified atom stereocenters. The van der Waals surface area contributed by atoms with Crippen LogP contribution in [-0.4, -0.2) is 37.8 Å². The highest BCUT2D eigenvalue weighted by atomic mass is 32.2. The fourth-order valence-electron chi connectivity index (χ4n) is 2.47. The van der Waals surface area contributed by atoms with Crippen LogP contribution in [0.2, 0.25) is 0 Å². The van der Waals surface area contributed by atoms with E-state index in [0.717, 1.165) is 55.8 Å². The lowest BCUT2D eigenvalue weighted by molar-refractivity contribution is -0.141. The van der Waals surface area contributed by atoms with Gasteiger partial charge < -0.3 is 9.88 Å². The van der Waals surface area contributed by atoms with Crippen molar-refractivity contribution < 1.29 is 13.2 Å². The Kier molecular flexibility index (Phi) is 4.53. The Morgan fingerprint density at radius 3 is 2.87 bits per heavy atom. The number of halogens is 3. The van der Waals surface area contributed by atoms with Gasteiger partial charge in [0.15, 0.2) is 10.3 Å². The van der Waals surface area contributed by atoms with Gasteiger partial charge in [0.1, 0.15) is 11.5 Å². The molecule has 23 heavy (non-hydrogen) atoms. The van der Waals surface area contributed by atoms with Crippen molar-refractivity contribution in [2.24, 2.45) is 7.05 Å².